The Morgan fingerprint density at radius 2 is 2.05 bits per heavy atom. The molecular formula is C13H10Cl2N2O2. The molecule has 6 heteroatoms. The monoisotopic (exact) mass is 296 g/mol. The topological polar surface area (TPSA) is 62.2 Å². The number of nitrogens with zero attached hydrogens (tertiary/aromatic N) is 1. The van der Waals surface area contributed by atoms with Crippen LogP contribution in [0.25, 0.3) is 0 Å². The van der Waals surface area contributed by atoms with Crippen LogP contribution in [0.1, 0.15) is 15.9 Å². The summed E-state index contributed by atoms with van der Waals surface area (Å²) in [5.74, 6) is -0.385. The van der Waals surface area contributed by atoms with Gasteiger partial charge in [0.05, 0.1) is 12.2 Å². The highest BCUT2D eigenvalue weighted by Gasteiger charge is 2.12. The Kier molecular flexibility index (Phi) is 4.37. The predicted molar refractivity (Wildman–Crippen MR) is 74.6 cm³/mol. The second kappa shape index (κ2) is 6.02. The van der Waals surface area contributed by atoms with Crippen molar-refractivity contribution in [2.75, 3.05) is 5.32 Å². The zero-order valence-corrected chi connectivity index (χ0v) is 11.2. The van der Waals surface area contributed by atoms with Crippen molar-refractivity contribution in [3.8, 4) is 0 Å². The number of anilines is 1. The smallest absolute Gasteiger partial charge is 0.258 e. The van der Waals surface area contributed by atoms with Crippen molar-refractivity contribution in [2.24, 2.45) is 0 Å². The van der Waals surface area contributed by atoms with E-state index in [1.165, 1.54) is 12.1 Å². The maximum Gasteiger partial charge on any atom is 0.258 e. The average Bonchev–Trinajstić information content (AvgIpc) is 2.38. The second-order valence-electron chi connectivity index (χ2n) is 3.78. The lowest BCUT2D eigenvalue weighted by Crippen LogP contribution is -2.13. The lowest BCUT2D eigenvalue weighted by atomic mass is 10.2. The molecule has 0 fully saturated rings. The molecule has 0 aliphatic carbocycles. The molecule has 0 aliphatic heterocycles. The van der Waals surface area contributed by atoms with Gasteiger partial charge in [0, 0.05) is 5.69 Å². The summed E-state index contributed by atoms with van der Waals surface area (Å²) in [5.41, 5.74) is 1.51. The van der Waals surface area contributed by atoms with E-state index >= 15 is 0 Å². The molecule has 0 saturated heterocycles. The molecule has 98 valence electrons. The van der Waals surface area contributed by atoms with Gasteiger partial charge in [-0.25, -0.2) is 4.98 Å². The van der Waals surface area contributed by atoms with E-state index in [-0.39, 0.29) is 28.4 Å². The fourth-order valence-corrected chi connectivity index (χ4v) is 1.96. The highest BCUT2D eigenvalue weighted by molar-refractivity contribution is 6.35. The molecule has 1 amide bonds. The summed E-state index contributed by atoms with van der Waals surface area (Å²) in [6.07, 6.45) is 0. The van der Waals surface area contributed by atoms with E-state index in [0.29, 0.717) is 11.3 Å². The number of rotatable bonds is 3. The van der Waals surface area contributed by atoms with Crippen LogP contribution in [-0.2, 0) is 6.61 Å². The minimum Gasteiger partial charge on any atom is -0.392 e. The normalized spacial score (nSPS) is 10.3. The van der Waals surface area contributed by atoms with Crippen molar-refractivity contribution < 1.29 is 9.90 Å². The van der Waals surface area contributed by atoms with Crippen LogP contribution in [0.4, 0.5) is 5.69 Å². The molecule has 2 N–H and O–H groups in total. The Balaban J connectivity index is 2.20. The standard InChI is InChI=1S/C13H10Cl2N2O2/c14-11-5-4-10(12(15)17-11)13(19)16-9-3-1-2-8(6-9)7-18/h1-6,18H,7H2,(H,16,19). The molecule has 0 aliphatic rings. The van der Waals surface area contributed by atoms with Crippen LogP contribution in [0.15, 0.2) is 36.4 Å². The maximum absolute atomic E-state index is 12.0. The minimum atomic E-state index is -0.385. The van der Waals surface area contributed by atoms with E-state index in [2.05, 4.69) is 10.3 Å². The number of hydrogen-bond acceptors (Lipinski definition) is 3. The fraction of sp³-hybridized carbons (Fsp3) is 0.0769. The summed E-state index contributed by atoms with van der Waals surface area (Å²) in [5, 5.41) is 12.0. The van der Waals surface area contributed by atoms with E-state index in [1.54, 1.807) is 24.3 Å². The van der Waals surface area contributed by atoms with E-state index in [0.717, 1.165) is 0 Å². The van der Waals surface area contributed by atoms with Gasteiger partial charge in [-0.15, -0.1) is 0 Å². The van der Waals surface area contributed by atoms with Crippen molar-refractivity contribution >= 4 is 34.8 Å². The minimum absolute atomic E-state index is 0.0447. The van der Waals surface area contributed by atoms with Crippen LogP contribution >= 0.6 is 23.2 Å². The Hall–Kier alpha value is -1.62. The molecule has 0 bridgehead atoms. The number of aromatic nitrogens is 1. The van der Waals surface area contributed by atoms with Crippen LogP contribution in [0.2, 0.25) is 10.3 Å². The van der Waals surface area contributed by atoms with Gasteiger partial charge in [0.2, 0.25) is 0 Å². The predicted octanol–water partition coefficient (Wildman–Crippen LogP) is 3.13. The number of carbonyl (C=O) groups excluding carboxylic acids is 1. The molecule has 19 heavy (non-hydrogen) atoms. The highest BCUT2D eigenvalue weighted by Crippen LogP contribution is 2.19. The summed E-state index contributed by atoms with van der Waals surface area (Å²) in [7, 11) is 0. The third-order valence-corrected chi connectivity index (χ3v) is 2.93. The lowest BCUT2D eigenvalue weighted by Gasteiger charge is -2.07. The zero-order valence-electron chi connectivity index (χ0n) is 9.73. The number of aliphatic hydroxyl groups is 1. The number of halogens is 2. The number of carbonyl (C=O) groups is 1. The molecular weight excluding hydrogens is 287 g/mol. The number of amides is 1. The van der Waals surface area contributed by atoms with Gasteiger partial charge in [-0.2, -0.15) is 0 Å². The molecule has 0 unspecified atom stereocenters. The quantitative estimate of drug-likeness (QED) is 0.856. The van der Waals surface area contributed by atoms with Crippen LogP contribution in [0, 0.1) is 0 Å². The Morgan fingerprint density at radius 1 is 1.26 bits per heavy atom. The van der Waals surface area contributed by atoms with Gasteiger partial charge in [0.15, 0.2) is 0 Å². The van der Waals surface area contributed by atoms with Crippen molar-refractivity contribution in [2.45, 2.75) is 6.61 Å². The van der Waals surface area contributed by atoms with Gasteiger partial charge >= 0.3 is 0 Å². The molecule has 4 nitrogen and oxygen atoms in total. The fourth-order valence-electron chi connectivity index (χ4n) is 1.53. The van der Waals surface area contributed by atoms with Gasteiger partial charge in [-0.3, -0.25) is 4.79 Å². The third-order valence-electron chi connectivity index (χ3n) is 2.43. The summed E-state index contributed by atoms with van der Waals surface area (Å²) >= 11 is 11.5. The summed E-state index contributed by atoms with van der Waals surface area (Å²) in [4.78, 5) is 15.8. The molecule has 2 rings (SSSR count). The number of hydrogen-bond donors (Lipinski definition) is 2. The van der Waals surface area contributed by atoms with E-state index in [4.69, 9.17) is 28.3 Å². The molecule has 0 atom stereocenters. The average molecular weight is 297 g/mol. The molecule has 1 heterocycles. The lowest BCUT2D eigenvalue weighted by molar-refractivity contribution is 0.102. The van der Waals surface area contributed by atoms with E-state index in [1.807, 2.05) is 0 Å². The van der Waals surface area contributed by atoms with Crippen LogP contribution in [0.5, 0.6) is 0 Å². The number of pyridine rings is 1. The van der Waals surface area contributed by atoms with Crippen LogP contribution in [0.3, 0.4) is 0 Å². The molecule has 0 spiro atoms. The first kappa shape index (κ1) is 13.8. The summed E-state index contributed by atoms with van der Waals surface area (Å²) < 4.78 is 0. The molecule has 0 radical (unpaired) electrons. The summed E-state index contributed by atoms with van der Waals surface area (Å²) in [6.45, 7) is -0.0903. The van der Waals surface area contributed by atoms with Crippen LogP contribution in [-0.4, -0.2) is 16.0 Å². The first-order valence-electron chi connectivity index (χ1n) is 5.43. The van der Waals surface area contributed by atoms with Gasteiger partial charge in [0.1, 0.15) is 10.3 Å². The SMILES string of the molecule is O=C(Nc1cccc(CO)c1)c1ccc(Cl)nc1Cl. The zero-order chi connectivity index (χ0) is 13.8. The second-order valence-corrected chi connectivity index (χ2v) is 4.53. The Bertz CT molecular complexity index is 617. The van der Waals surface area contributed by atoms with Crippen molar-refractivity contribution in [1.82, 2.24) is 4.98 Å². The van der Waals surface area contributed by atoms with Crippen molar-refractivity contribution in [3.63, 3.8) is 0 Å². The largest absolute Gasteiger partial charge is 0.392 e. The van der Waals surface area contributed by atoms with E-state index < -0.39 is 0 Å². The number of nitrogens with one attached hydrogen (secondary N) is 1. The maximum atomic E-state index is 12.0. The summed E-state index contributed by atoms with van der Waals surface area (Å²) in [6, 6.07) is 9.88. The Labute approximate surface area is 120 Å². The molecule has 1 aromatic heterocycles. The number of aliphatic hydroxyl groups excluding tert-OH is 1. The van der Waals surface area contributed by atoms with Gasteiger partial charge < -0.3 is 10.4 Å². The van der Waals surface area contributed by atoms with Gasteiger partial charge in [-0.05, 0) is 29.8 Å². The highest BCUT2D eigenvalue weighted by atomic mass is 35.5. The number of benzene rings is 1. The molecule has 1 aromatic carbocycles. The third kappa shape index (κ3) is 3.44. The van der Waals surface area contributed by atoms with E-state index in [9.17, 15) is 4.79 Å². The first-order valence-corrected chi connectivity index (χ1v) is 6.19. The molecule has 2 aromatic rings. The van der Waals surface area contributed by atoms with Crippen LogP contribution < -0.4 is 5.32 Å². The van der Waals surface area contributed by atoms with Gasteiger partial charge in [0.25, 0.3) is 5.91 Å². The van der Waals surface area contributed by atoms with Crippen molar-refractivity contribution in [1.29, 1.82) is 0 Å². The Morgan fingerprint density at radius 3 is 2.74 bits per heavy atom. The van der Waals surface area contributed by atoms with Crippen molar-refractivity contribution in [3.05, 3.63) is 57.8 Å². The first-order chi connectivity index (χ1) is 9.10. The molecule has 0 saturated carbocycles. The van der Waals surface area contributed by atoms with Gasteiger partial charge in [-0.1, -0.05) is 35.3 Å².